The summed E-state index contributed by atoms with van der Waals surface area (Å²) in [5, 5.41) is 11.6. The Morgan fingerprint density at radius 1 is 1.00 bits per heavy atom. The molecule has 0 saturated carbocycles. The Hall–Kier alpha value is -2.01. The molecule has 1 heterocycles. The number of aryl methyl sites for hydroxylation is 2. The maximum atomic E-state index is 5.22. The monoisotopic (exact) mass is 286 g/mol. The number of hydrogen-bond donors (Lipinski definition) is 1. The average molecular weight is 286 g/mol. The molecular weight excluding hydrogens is 264 g/mol. The lowest BCUT2D eigenvalue weighted by molar-refractivity contribution is 0.184. The number of methoxy groups -OCH3 is 1. The highest BCUT2D eigenvalue weighted by atomic mass is 16.5. The van der Waals surface area contributed by atoms with Crippen molar-refractivity contribution in [3.05, 3.63) is 46.8 Å². The molecule has 0 aliphatic carbocycles. The third-order valence-electron chi connectivity index (χ3n) is 3.36. The molecule has 0 bridgehead atoms. The second-order valence-corrected chi connectivity index (χ2v) is 4.79. The van der Waals surface area contributed by atoms with Crippen molar-refractivity contribution in [1.82, 2.24) is 15.2 Å². The topological polar surface area (TPSA) is 59.9 Å². The summed E-state index contributed by atoms with van der Waals surface area (Å²) in [6, 6.07) is 8.18. The Morgan fingerprint density at radius 3 is 2.38 bits per heavy atom. The van der Waals surface area contributed by atoms with Crippen LogP contribution >= 0.6 is 0 Å². The van der Waals surface area contributed by atoms with Crippen LogP contribution in [-0.2, 0) is 30.7 Å². The van der Waals surface area contributed by atoms with Gasteiger partial charge in [0.05, 0.1) is 18.0 Å². The van der Waals surface area contributed by atoms with Gasteiger partial charge in [0.15, 0.2) is 0 Å². The Kier molecular flexibility index (Phi) is 5.63. The van der Waals surface area contributed by atoms with E-state index in [0.717, 1.165) is 24.2 Å². The van der Waals surface area contributed by atoms with Gasteiger partial charge in [0, 0.05) is 13.7 Å². The fraction of sp³-hybridized carbons (Fsp3) is 0.438. The first-order valence-corrected chi connectivity index (χ1v) is 7.30. The molecule has 0 aliphatic rings. The van der Waals surface area contributed by atoms with Gasteiger partial charge in [0.25, 0.3) is 0 Å². The summed E-state index contributed by atoms with van der Waals surface area (Å²) in [7, 11) is 1.70. The summed E-state index contributed by atoms with van der Waals surface area (Å²) in [4.78, 5) is 4.54. The lowest BCUT2D eigenvalue weighted by atomic mass is 10.1. The first-order chi connectivity index (χ1) is 10.3. The fourth-order valence-corrected chi connectivity index (χ4v) is 2.21. The van der Waals surface area contributed by atoms with Crippen LogP contribution in [0.2, 0.25) is 0 Å². The molecule has 1 N–H and O–H groups in total. The van der Waals surface area contributed by atoms with Crippen molar-refractivity contribution in [2.45, 2.75) is 39.8 Å². The van der Waals surface area contributed by atoms with Gasteiger partial charge >= 0.3 is 0 Å². The number of nitrogens with zero attached hydrogens (tertiary/aromatic N) is 3. The summed E-state index contributed by atoms with van der Waals surface area (Å²) in [5.74, 6) is 0.580. The minimum absolute atomic E-state index is 0.580. The molecule has 5 heteroatoms. The SMILES string of the molecule is CCc1nnc(NCc2ccccc2COC)nc1CC. The molecule has 0 atom stereocenters. The zero-order chi connectivity index (χ0) is 15.1. The van der Waals surface area contributed by atoms with E-state index < -0.39 is 0 Å². The predicted molar refractivity (Wildman–Crippen MR) is 83.1 cm³/mol. The average Bonchev–Trinajstić information content (AvgIpc) is 2.54. The van der Waals surface area contributed by atoms with Crippen LogP contribution in [0.15, 0.2) is 24.3 Å². The second kappa shape index (κ2) is 7.69. The largest absolute Gasteiger partial charge is 0.380 e. The highest BCUT2D eigenvalue weighted by Crippen LogP contribution is 2.12. The molecule has 0 radical (unpaired) electrons. The lowest BCUT2D eigenvalue weighted by Gasteiger charge is -2.11. The fourth-order valence-electron chi connectivity index (χ4n) is 2.21. The molecule has 112 valence electrons. The minimum atomic E-state index is 0.580. The first kappa shape index (κ1) is 15.4. The molecular formula is C16H22N4O. The number of rotatable bonds is 7. The Balaban J connectivity index is 2.09. The van der Waals surface area contributed by atoms with Crippen LogP contribution in [0.3, 0.4) is 0 Å². The molecule has 0 aliphatic heterocycles. The van der Waals surface area contributed by atoms with Crippen LogP contribution in [0.25, 0.3) is 0 Å². The van der Waals surface area contributed by atoms with Gasteiger partial charge in [-0.3, -0.25) is 0 Å². The smallest absolute Gasteiger partial charge is 0.243 e. The molecule has 0 unspecified atom stereocenters. The van der Waals surface area contributed by atoms with Crippen molar-refractivity contribution in [1.29, 1.82) is 0 Å². The summed E-state index contributed by atoms with van der Waals surface area (Å²) in [5.41, 5.74) is 4.34. The van der Waals surface area contributed by atoms with E-state index in [1.807, 2.05) is 12.1 Å². The zero-order valence-electron chi connectivity index (χ0n) is 12.9. The summed E-state index contributed by atoms with van der Waals surface area (Å²) in [6.45, 7) is 5.42. The van der Waals surface area contributed by atoms with E-state index in [0.29, 0.717) is 19.1 Å². The van der Waals surface area contributed by atoms with Gasteiger partial charge in [-0.1, -0.05) is 38.1 Å². The van der Waals surface area contributed by atoms with Crippen LogP contribution in [-0.4, -0.2) is 22.3 Å². The molecule has 0 spiro atoms. The van der Waals surface area contributed by atoms with Crippen molar-refractivity contribution < 1.29 is 4.74 Å². The Morgan fingerprint density at radius 2 is 1.71 bits per heavy atom. The van der Waals surface area contributed by atoms with Gasteiger partial charge < -0.3 is 10.1 Å². The molecule has 0 fully saturated rings. The summed E-state index contributed by atoms with van der Waals surface area (Å²) >= 11 is 0. The quantitative estimate of drug-likeness (QED) is 0.848. The number of ether oxygens (including phenoxy) is 1. The molecule has 21 heavy (non-hydrogen) atoms. The normalized spacial score (nSPS) is 10.6. The van der Waals surface area contributed by atoms with Crippen LogP contribution in [0, 0.1) is 0 Å². The molecule has 2 aromatic rings. The van der Waals surface area contributed by atoms with Crippen LogP contribution in [0.1, 0.15) is 36.4 Å². The van der Waals surface area contributed by atoms with Gasteiger partial charge in [-0.25, -0.2) is 4.98 Å². The molecule has 2 rings (SSSR count). The predicted octanol–water partition coefficient (Wildman–Crippen LogP) is 2.75. The molecule has 0 saturated heterocycles. The third kappa shape index (κ3) is 3.98. The van der Waals surface area contributed by atoms with E-state index in [2.05, 4.69) is 46.5 Å². The van der Waals surface area contributed by atoms with E-state index in [4.69, 9.17) is 4.74 Å². The van der Waals surface area contributed by atoms with Crippen molar-refractivity contribution >= 4 is 5.95 Å². The van der Waals surface area contributed by atoms with E-state index in [1.54, 1.807) is 7.11 Å². The number of aromatic nitrogens is 3. The van der Waals surface area contributed by atoms with Crippen molar-refractivity contribution in [2.75, 3.05) is 12.4 Å². The zero-order valence-corrected chi connectivity index (χ0v) is 12.9. The molecule has 1 aromatic carbocycles. The summed E-state index contributed by atoms with van der Waals surface area (Å²) < 4.78 is 5.22. The van der Waals surface area contributed by atoms with E-state index in [-0.39, 0.29) is 0 Å². The maximum Gasteiger partial charge on any atom is 0.243 e. The third-order valence-corrected chi connectivity index (χ3v) is 3.36. The highest BCUT2D eigenvalue weighted by molar-refractivity contribution is 5.32. The number of nitrogens with one attached hydrogen (secondary N) is 1. The Labute approximate surface area is 125 Å². The van der Waals surface area contributed by atoms with Gasteiger partial charge in [-0.05, 0) is 24.0 Å². The van der Waals surface area contributed by atoms with Gasteiger partial charge in [0.2, 0.25) is 5.95 Å². The van der Waals surface area contributed by atoms with E-state index in [9.17, 15) is 0 Å². The number of hydrogen-bond acceptors (Lipinski definition) is 5. The molecule has 5 nitrogen and oxygen atoms in total. The number of anilines is 1. The maximum absolute atomic E-state index is 5.22. The van der Waals surface area contributed by atoms with Crippen LogP contribution in [0.4, 0.5) is 5.95 Å². The van der Waals surface area contributed by atoms with Crippen molar-refractivity contribution in [3.63, 3.8) is 0 Å². The summed E-state index contributed by atoms with van der Waals surface area (Å²) in [6.07, 6.45) is 1.73. The standard InChI is InChI=1S/C16H22N4O/c1-4-14-15(5-2)19-20-16(18-14)17-10-12-8-6-7-9-13(12)11-21-3/h6-9H,4-5,10-11H2,1-3H3,(H,17,18,20). The van der Waals surface area contributed by atoms with Crippen LogP contribution < -0.4 is 5.32 Å². The highest BCUT2D eigenvalue weighted by Gasteiger charge is 2.07. The lowest BCUT2D eigenvalue weighted by Crippen LogP contribution is -2.10. The molecule has 0 amide bonds. The van der Waals surface area contributed by atoms with Gasteiger partial charge in [-0.15, -0.1) is 5.10 Å². The molecule has 1 aromatic heterocycles. The Bertz CT molecular complexity index is 586. The first-order valence-electron chi connectivity index (χ1n) is 7.30. The van der Waals surface area contributed by atoms with Gasteiger partial charge in [0.1, 0.15) is 0 Å². The van der Waals surface area contributed by atoms with E-state index >= 15 is 0 Å². The number of benzene rings is 1. The van der Waals surface area contributed by atoms with Crippen molar-refractivity contribution in [2.24, 2.45) is 0 Å². The second-order valence-electron chi connectivity index (χ2n) is 4.79. The van der Waals surface area contributed by atoms with Crippen molar-refractivity contribution in [3.8, 4) is 0 Å². The van der Waals surface area contributed by atoms with Gasteiger partial charge in [-0.2, -0.15) is 5.10 Å². The minimum Gasteiger partial charge on any atom is -0.380 e. The van der Waals surface area contributed by atoms with Crippen LogP contribution in [0.5, 0.6) is 0 Å². The van der Waals surface area contributed by atoms with E-state index in [1.165, 1.54) is 11.1 Å².